The van der Waals surface area contributed by atoms with Crippen LogP contribution in [-0.2, 0) is 20.8 Å². The van der Waals surface area contributed by atoms with Gasteiger partial charge in [0.15, 0.2) is 0 Å². The predicted octanol–water partition coefficient (Wildman–Crippen LogP) is 1.11. The maximum absolute atomic E-state index is 12.4. The van der Waals surface area contributed by atoms with Crippen molar-refractivity contribution in [3.63, 3.8) is 0 Å². The molecule has 24 heavy (non-hydrogen) atoms. The Bertz CT molecular complexity index is 607. The van der Waals surface area contributed by atoms with Gasteiger partial charge in [0.05, 0.1) is 0 Å². The van der Waals surface area contributed by atoms with Crippen molar-refractivity contribution in [1.29, 1.82) is 0 Å². The first kappa shape index (κ1) is 19.2. The van der Waals surface area contributed by atoms with E-state index in [9.17, 15) is 19.5 Å². The van der Waals surface area contributed by atoms with Crippen molar-refractivity contribution in [3.8, 4) is 12.3 Å². The molecule has 0 saturated heterocycles. The molecule has 6 nitrogen and oxygen atoms in total. The number of carboxylic acids is 1. The topological polar surface area (TPSA) is 95.5 Å². The van der Waals surface area contributed by atoms with E-state index in [4.69, 9.17) is 6.42 Å². The van der Waals surface area contributed by atoms with Gasteiger partial charge in [-0.2, -0.15) is 0 Å². The van der Waals surface area contributed by atoms with Gasteiger partial charge in [0.2, 0.25) is 11.8 Å². The summed E-state index contributed by atoms with van der Waals surface area (Å²) in [6, 6.07) is 7.32. The van der Waals surface area contributed by atoms with E-state index in [0.29, 0.717) is 12.8 Å². The third-order valence-electron chi connectivity index (χ3n) is 3.41. The first-order chi connectivity index (χ1) is 11.4. The predicted molar refractivity (Wildman–Crippen MR) is 90.0 cm³/mol. The third kappa shape index (κ3) is 6.97. The summed E-state index contributed by atoms with van der Waals surface area (Å²) >= 11 is 0. The van der Waals surface area contributed by atoms with Crippen LogP contribution in [0.2, 0.25) is 0 Å². The molecule has 0 fully saturated rings. The highest BCUT2D eigenvalue weighted by Crippen LogP contribution is 2.06. The van der Waals surface area contributed by atoms with Gasteiger partial charge in [-0.25, -0.2) is 4.79 Å². The maximum atomic E-state index is 12.4. The lowest BCUT2D eigenvalue weighted by Crippen LogP contribution is -2.52. The SMILES string of the molecule is C#CCCC[C@@H](NC(=O)[C@@H](Cc1ccccc1)NC(C)=O)C(=O)O. The summed E-state index contributed by atoms with van der Waals surface area (Å²) in [5, 5.41) is 14.3. The molecule has 2 amide bonds. The Morgan fingerprint density at radius 1 is 1.17 bits per heavy atom. The highest BCUT2D eigenvalue weighted by molar-refractivity contribution is 5.90. The van der Waals surface area contributed by atoms with E-state index in [0.717, 1.165) is 5.56 Å². The molecule has 1 aromatic rings. The van der Waals surface area contributed by atoms with Gasteiger partial charge in [-0.3, -0.25) is 9.59 Å². The fourth-order valence-corrected chi connectivity index (χ4v) is 2.24. The number of carbonyl (C=O) groups excluding carboxylic acids is 2. The van der Waals surface area contributed by atoms with Crippen LogP contribution in [0.1, 0.15) is 31.7 Å². The number of carboxylic acid groups (broad SMARTS) is 1. The Morgan fingerprint density at radius 2 is 1.83 bits per heavy atom. The molecule has 0 aliphatic rings. The Labute approximate surface area is 141 Å². The largest absolute Gasteiger partial charge is 0.480 e. The molecule has 3 N–H and O–H groups in total. The Kier molecular flexibility index (Phi) is 8.06. The quantitative estimate of drug-likeness (QED) is 0.467. The number of nitrogens with one attached hydrogen (secondary N) is 2. The first-order valence-electron chi connectivity index (χ1n) is 7.71. The average Bonchev–Trinajstić information content (AvgIpc) is 2.53. The van der Waals surface area contributed by atoms with Gasteiger partial charge in [0.25, 0.3) is 0 Å². The van der Waals surface area contributed by atoms with Crippen molar-refractivity contribution in [1.82, 2.24) is 10.6 Å². The first-order valence-corrected chi connectivity index (χ1v) is 7.71. The van der Waals surface area contributed by atoms with E-state index in [1.165, 1.54) is 6.92 Å². The summed E-state index contributed by atoms with van der Waals surface area (Å²) in [7, 11) is 0. The van der Waals surface area contributed by atoms with Gasteiger partial charge in [-0.15, -0.1) is 12.3 Å². The second kappa shape index (κ2) is 10.1. The van der Waals surface area contributed by atoms with Crippen molar-refractivity contribution in [3.05, 3.63) is 35.9 Å². The number of hydrogen-bond acceptors (Lipinski definition) is 3. The minimum atomic E-state index is -1.12. The molecule has 1 aromatic carbocycles. The molecule has 128 valence electrons. The fraction of sp³-hybridized carbons (Fsp3) is 0.389. The normalized spacial score (nSPS) is 12.5. The number of aliphatic carboxylic acids is 1. The van der Waals surface area contributed by atoms with Crippen LogP contribution in [-0.4, -0.2) is 35.0 Å². The van der Waals surface area contributed by atoms with E-state index in [2.05, 4.69) is 16.6 Å². The minimum Gasteiger partial charge on any atom is -0.480 e. The second-order valence-electron chi connectivity index (χ2n) is 5.44. The van der Waals surface area contributed by atoms with Crippen LogP contribution in [0.4, 0.5) is 0 Å². The summed E-state index contributed by atoms with van der Waals surface area (Å²) in [6.07, 6.45) is 6.61. The maximum Gasteiger partial charge on any atom is 0.326 e. The lowest BCUT2D eigenvalue weighted by atomic mass is 10.0. The van der Waals surface area contributed by atoms with Gasteiger partial charge in [-0.1, -0.05) is 30.3 Å². The zero-order valence-electron chi connectivity index (χ0n) is 13.6. The van der Waals surface area contributed by atoms with Crippen LogP contribution in [0.3, 0.4) is 0 Å². The van der Waals surface area contributed by atoms with Crippen molar-refractivity contribution in [2.45, 2.75) is 44.7 Å². The molecular formula is C18H22N2O4. The highest BCUT2D eigenvalue weighted by atomic mass is 16.4. The number of terminal acetylenes is 1. The van der Waals surface area contributed by atoms with Crippen molar-refractivity contribution >= 4 is 17.8 Å². The number of amides is 2. The van der Waals surface area contributed by atoms with Crippen LogP contribution in [0.15, 0.2) is 30.3 Å². The molecule has 0 saturated carbocycles. The third-order valence-corrected chi connectivity index (χ3v) is 3.41. The van der Waals surface area contributed by atoms with E-state index < -0.39 is 24.0 Å². The van der Waals surface area contributed by atoms with E-state index in [1.54, 1.807) is 0 Å². The molecule has 0 aliphatic carbocycles. The minimum absolute atomic E-state index is 0.239. The number of benzene rings is 1. The van der Waals surface area contributed by atoms with Crippen LogP contribution in [0.5, 0.6) is 0 Å². The smallest absolute Gasteiger partial charge is 0.326 e. The van der Waals surface area contributed by atoms with Gasteiger partial charge in [0.1, 0.15) is 12.1 Å². The Hall–Kier alpha value is -2.81. The van der Waals surface area contributed by atoms with Crippen molar-refractivity contribution in [2.24, 2.45) is 0 Å². The monoisotopic (exact) mass is 330 g/mol. The summed E-state index contributed by atoms with van der Waals surface area (Å²) in [5.41, 5.74) is 0.866. The molecule has 1 rings (SSSR count). The molecule has 0 aliphatic heterocycles. The highest BCUT2D eigenvalue weighted by Gasteiger charge is 2.25. The molecule has 0 heterocycles. The van der Waals surface area contributed by atoms with E-state index in [-0.39, 0.29) is 18.7 Å². The van der Waals surface area contributed by atoms with Gasteiger partial charge < -0.3 is 15.7 Å². The molecule has 0 radical (unpaired) electrons. The van der Waals surface area contributed by atoms with Crippen LogP contribution < -0.4 is 10.6 Å². The van der Waals surface area contributed by atoms with E-state index >= 15 is 0 Å². The molecule has 0 bridgehead atoms. The zero-order chi connectivity index (χ0) is 17.9. The molecular weight excluding hydrogens is 308 g/mol. The lowest BCUT2D eigenvalue weighted by Gasteiger charge is -2.21. The van der Waals surface area contributed by atoms with Gasteiger partial charge >= 0.3 is 5.97 Å². The van der Waals surface area contributed by atoms with Crippen molar-refractivity contribution in [2.75, 3.05) is 0 Å². The molecule has 0 spiro atoms. The second-order valence-corrected chi connectivity index (χ2v) is 5.44. The van der Waals surface area contributed by atoms with E-state index in [1.807, 2.05) is 30.3 Å². The zero-order valence-corrected chi connectivity index (χ0v) is 13.6. The molecule has 0 unspecified atom stereocenters. The summed E-state index contributed by atoms with van der Waals surface area (Å²) < 4.78 is 0. The van der Waals surface area contributed by atoms with Crippen LogP contribution >= 0.6 is 0 Å². The van der Waals surface area contributed by atoms with Crippen LogP contribution in [0, 0.1) is 12.3 Å². The number of unbranched alkanes of at least 4 members (excludes halogenated alkanes) is 1. The standard InChI is InChI=1S/C18H22N2O4/c1-3-4-6-11-15(18(23)24)20-17(22)16(19-13(2)21)12-14-9-7-5-8-10-14/h1,5,7-10,15-16H,4,6,11-12H2,2H3,(H,19,21)(H,20,22)(H,23,24)/t15-,16-/m1/s1. The number of hydrogen-bond donors (Lipinski definition) is 3. The Morgan fingerprint density at radius 3 is 2.38 bits per heavy atom. The number of rotatable bonds is 9. The van der Waals surface area contributed by atoms with Crippen molar-refractivity contribution < 1.29 is 19.5 Å². The Balaban J connectivity index is 2.76. The number of carbonyl (C=O) groups is 3. The van der Waals surface area contributed by atoms with Crippen LogP contribution in [0.25, 0.3) is 0 Å². The summed E-state index contributed by atoms with van der Waals surface area (Å²) in [6.45, 7) is 1.31. The average molecular weight is 330 g/mol. The van der Waals surface area contributed by atoms with Gasteiger partial charge in [-0.05, 0) is 18.4 Å². The summed E-state index contributed by atoms with van der Waals surface area (Å²) in [5.74, 6) is 0.429. The molecule has 2 atom stereocenters. The summed E-state index contributed by atoms with van der Waals surface area (Å²) in [4.78, 5) is 35.0. The van der Waals surface area contributed by atoms with Gasteiger partial charge in [0, 0.05) is 19.8 Å². The molecule has 6 heteroatoms. The fourth-order valence-electron chi connectivity index (χ4n) is 2.24. The molecule has 0 aromatic heterocycles. The lowest BCUT2D eigenvalue weighted by molar-refractivity contribution is -0.142.